The molecule has 0 spiro atoms. The van der Waals surface area contributed by atoms with Crippen molar-refractivity contribution in [2.45, 2.75) is 0 Å². The molecule has 0 aliphatic carbocycles. The van der Waals surface area contributed by atoms with Crippen molar-refractivity contribution in [1.82, 2.24) is 0 Å². The molecule has 0 atom stereocenters. The summed E-state index contributed by atoms with van der Waals surface area (Å²) in [5.41, 5.74) is 15.3. The smallest absolute Gasteiger partial charge is 0.136 e. The van der Waals surface area contributed by atoms with Crippen molar-refractivity contribution in [2.24, 2.45) is 0 Å². The van der Waals surface area contributed by atoms with Crippen molar-refractivity contribution in [3.63, 3.8) is 0 Å². The number of benzene rings is 14. The minimum absolute atomic E-state index is 0.879. The zero-order valence-corrected chi connectivity index (χ0v) is 40.1. The molecule has 0 N–H and O–H groups in total. The first-order valence-corrected chi connectivity index (χ1v) is 25.5. The Kier molecular flexibility index (Phi) is 8.78. The summed E-state index contributed by atoms with van der Waals surface area (Å²) >= 11 is 0. The van der Waals surface area contributed by atoms with Crippen molar-refractivity contribution >= 4 is 109 Å². The molecule has 2 nitrogen and oxygen atoms in total. The van der Waals surface area contributed by atoms with Gasteiger partial charge in [-0.3, -0.25) is 0 Å². The molecule has 0 fully saturated rings. The van der Waals surface area contributed by atoms with E-state index in [0.29, 0.717) is 0 Å². The van der Waals surface area contributed by atoms with Gasteiger partial charge < -0.3 is 8.83 Å². The van der Waals surface area contributed by atoms with Gasteiger partial charge in [0, 0.05) is 21.5 Å². The maximum absolute atomic E-state index is 6.55. The highest BCUT2D eigenvalue weighted by atomic mass is 16.3. The summed E-state index contributed by atoms with van der Waals surface area (Å²) in [6, 6.07) is 93.7. The second-order valence-electron chi connectivity index (χ2n) is 19.8. The number of rotatable bonds is 5. The molecule has 342 valence electrons. The maximum Gasteiger partial charge on any atom is 0.136 e. The summed E-state index contributed by atoms with van der Waals surface area (Å²) in [7, 11) is 0. The molecule has 0 aliphatic heterocycles. The molecule has 0 radical (unpaired) electrons. The van der Waals surface area contributed by atoms with Crippen LogP contribution in [0.1, 0.15) is 0 Å². The third-order valence-corrected chi connectivity index (χ3v) is 15.8. The Labute approximate surface area is 425 Å². The summed E-state index contributed by atoms with van der Waals surface area (Å²) in [4.78, 5) is 0. The lowest BCUT2D eigenvalue weighted by atomic mass is 9.81. The van der Waals surface area contributed by atoms with Crippen molar-refractivity contribution in [3.05, 3.63) is 255 Å². The monoisotopic (exact) mass is 938 g/mol. The third-order valence-electron chi connectivity index (χ3n) is 15.8. The van der Waals surface area contributed by atoms with Crippen LogP contribution in [-0.2, 0) is 0 Å². The molecule has 2 heteroatoms. The van der Waals surface area contributed by atoms with Gasteiger partial charge in [-0.05, 0) is 181 Å². The van der Waals surface area contributed by atoms with E-state index >= 15 is 0 Å². The number of hydrogen-bond donors (Lipinski definition) is 0. The number of para-hydroxylation sites is 2. The zero-order chi connectivity index (χ0) is 48.4. The third kappa shape index (κ3) is 6.19. The Hall–Kier alpha value is -9.76. The molecule has 0 saturated carbocycles. The van der Waals surface area contributed by atoms with Crippen LogP contribution in [0.2, 0.25) is 0 Å². The zero-order valence-electron chi connectivity index (χ0n) is 40.1. The van der Waals surface area contributed by atoms with E-state index in [1.54, 1.807) is 0 Å². The summed E-state index contributed by atoms with van der Waals surface area (Å²) in [6.45, 7) is 0. The topological polar surface area (TPSA) is 26.3 Å². The van der Waals surface area contributed by atoms with Gasteiger partial charge in [-0.2, -0.15) is 0 Å². The van der Waals surface area contributed by atoms with E-state index in [1.807, 2.05) is 12.1 Å². The van der Waals surface area contributed by atoms with Crippen LogP contribution in [0.3, 0.4) is 0 Å². The van der Waals surface area contributed by atoms with Crippen LogP contribution in [0.4, 0.5) is 0 Å². The molecule has 2 heterocycles. The van der Waals surface area contributed by atoms with E-state index < -0.39 is 0 Å². The summed E-state index contributed by atoms with van der Waals surface area (Å²) in [6.07, 6.45) is 0. The van der Waals surface area contributed by atoms with Crippen LogP contribution in [0.5, 0.6) is 0 Å². The standard InChI is InChI=1S/C72H42O2/c1-3-15-45-37-47(31-29-43(45)13-1)51-19-9-23-59-63(51)41-64-52(48-32-30-44-14-2-4-16-46(44)38-48)20-10-24-60(64)71(59)72-61-25-11-21-53(49-33-35-57-55-17-5-7-27-67(55)73-69(57)39-49)65(61)42-66-54(22-12-26-62(66)72)50-34-36-58-56-18-6-8-28-68(56)74-70(58)40-50/h1-42H. The molecule has 16 aromatic rings. The highest BCUT2D eigenvalue weighted by molar-refractivity contribution is 6.28. The molecule has 14 aromatic carbocycles. The Bertz CT molecular complexity index is 4720. The molecule has 0 saturated heterocycles. The van der Waals surface area contributed by atoms with Crippen LogP contribution < -0.4 is 0 Å². The van der Waals surface area contributed by atoms with Gasteiger partial charge in [-0.15, -0.1) is 0 Å². The van der Waals surface area contributed by atoms with Gasteiger partial charge in [0.05, 0.1) is 0 Å². The van der Waals surface area contributed by atoms with E-state index in [1.165, 1.54) is 98.0 Å². The second-order valence-corrected chi connectivity index (χ2v) is 19.8. The molecular weight excluding hydrogens is 897 g/mol. The Balaban J connectivity index is 1.05. The Morgan fingerprint density at radius 3 is 0.892 bits per heavy atom. The second kappa shape index (κ2) is 15.9. The summed E-state index contributed by atoms with van der Waals surface area (Å²) in [5, 5.41) is 18.9. The van der Waals surface area contributed by atoms with Crippen LogP contribution in [-0.4, -0.2) is 0 Å². The molecular formula is C72H42O2. The average Bonchev–Trinajstić information content (AvgIpc) is 4.03. The average molecular weight is 939 g/mol. The van der Waals surface area contributed by atoms with Crippen LogP contribution in [0, 0.1) is 0 Å². The van der Waals surface area contributed by atoms with Gasteiger partial charge in [-0.1, -0.05) is 194 Å². The van der Waals surface area contributed by atoms with E-state index in [0.717, 1.165) is 66.1 Å². The molecule has 0 bridgehead atoms. The Morgan fingerprint density at radius 2 is 0.486 bits per heavy atom. The van der Waals surface area contributed by atoms with E-state index in [-0.39, 0.29) is 0 Å². The first-order valence-electron chi connectivity index (χ1n) is 25.5. The molecule has 16 rings (SSSR count). The number of fused-ring (bicyclic) bond motifs is 12. The number of furan rings is 2. The lowest BCUT2D eigenvalue weighted by molar-refractivity contribution is 0.668. The van der Waals surface area contributed by atoms with Crippen LogP contribution >= 0.6 is 0 Å². The fourth-order valence-corrected chi connectivity index (χ4v) is 12.4. The van der Waals surface area contributed by atoms with Crippen molar-refractivity contribution < 1.29 is 8.83 Å². The highest BCUT2D eigenvalue weighted by Gasteiger charge is 2.23. The van der Waals surface area contributed by atoms with Gasteiger partial charge in [0.25, 0.3) is 0 Å². The summed E-state index contributed by atoms with van der Waals surface area (Å²) < 4.78 is 13.1. The van der Waals surface area contributed by atoms with Gasteiger partial charge in [0.2, 0.25) is 0 Å². The molecule has 0 aliphatic rings. The van der Waals surface area contributed by atoms with Gasteiger partial charge in [0.1, 0.15) is 22.3 Å². The molecule has 74 heavy (non-hydrogen) atoms. The highest BCUT2D eigenvalue weighted by Crippen LogP contribution is 2.50. The van der Waals surface area contributed by atoms with E-state index in [9.17, 15) is 0 Å². The fraction of sp³-hybridized carbons (Fsp3) is 0. The van der Waals surface area contributed by atoms with Crippen molar-refractivity contribution in [3.8, 4) is 55.6 Å². The molecule has 0 unspecified atom stereocenters. The first-order chi connectivity index (χ1) is 36.7. The first kappa shape index (κ1) is 40.9. The lowest BCUT2D eigenvalue weighted by Crippen LogP contribution is -1.94. The maximum atomic E-state index is 6.55. The van der Waals surface area contributed by atoms with E-state index in [2.05, 4.69) is 243 Å². The minimum atomic E-state index is 0.879. The van der Waals surface area contributed by atoms with Crippen molar-refractivity contribution in [2.75, 3.05) is 0 Å². The van der Waals surface area contributed by atoms with Crippen LogP contribution in [0.15, 0.2) is 264 Å². The number of hydrogen-bond acceptors (Lipinski definition) is 2. The quantitative estimate of drug-likeness (QED) is 0.161. The van der Waals surface area contributed by atoms with Gasteiger partial charge in [-0.25, -0.2) is 0 Å². The molecule has 2 aromatic heterocycles. The predicted octanol–water partition coefficient (Wildman–Crippen LogP) is 20.7. The van der Waals surface area contributed by atoms with Crippen LogP contribution in [0.25, 0.3) is 164 Å². The Morgan fingerprint density at radius 1 is 0.176 bits per heavy atom. The molecule has 0 amide bonds. The minimum Gasteiger partial charge on any atom is -0.456 e. The van der Waals surface area contributed by atoms with Gasteiger partial charge >= 0.3 is 0 Å². The predicted molar refractivity (Wildman–Crippen MR) is 313 cm³/mol. The largest absolute Gasteiger partial charge is 0.456 e. The lowest BCUT2D eigenvalue weighted by Gasteiger charge is -2.22. The normalized spacial score (nSPS) is 12.1. The summed E-state index contributed by atoms with van der Waals surface area (Å²) in [5.74, 6) is 0. The fourth-order valence-electron chi connectivity index (χ4n) is 12.4. The SMILES string of the molecule is c1ccc2cc(-c3cccc4c(-c5c6cccc(-c7ccc8c(c7)oc7ccccc78)c6cc6c(-c7ccc8c(c7)oc7ccccc78)cccc56)c5cccc(-c6ccc7ccccc7c6)c5cc34)ccc2c1. The van der Waals surface area contributed by atoms with E-state index in [4.69, 9.17) is 8.83 Å². The van der Waals surface area contributed by atoms with Gasteiger partial charge in [0.15, 0.2) is 0 Å². The van der Waals surface area contributed by atoms with Crippen molar-refractivity contribution in [1.29, 1.82) is 0 Å².